The number of phenolic OH excluding ortho intramolecular Hbond substituents is 1. The number of azo groups is 2. The van der Waals surface area contributed by atoms with Gasteiger partial charge < -0.3 is 5.11 Å². The molecule has 0 spiro atoms. The summed E-state index contributed by atoms with van der Waals surface area (Å²) in [7, 11) is -4.63. The summed E-state index contributed by atoms with van der Waals surface area (Å²) in [5.74, 6) is -0.390. The van der Waals surface area contributed by atoms with Gasteiger partial charge in [0.1, 0.15) is 21.8 Å². The van der Waals surface area contributed by atoms with Gasteiger partial charge in [-0.05, 0) is 54.6 Å². The Morgan fingerprint density at radius 1 is 0.757 bits per heavy atom. The molecule has 5 aromatic rings. The Kier molecular flexibility index (Phi) is 6.06. The predicted octanol–water partition coefficient (Wildman–Crippen LogP) is 7.12. The maximum absolute atomic E-state index is 11.9. The summed E-state index contributed by atoms with van der Waals surface area (Å²) in [6.07, 6.45) is 2.94. The highest BCUT2D eigenvalue weighted by atomic mass is 32.2. The summed E-state index contributed by atoms with van der Waals surface area (Å²) in [4.78, 5) is 11.3. The van der Waals surface area contributed by atoms with Crippen molar-refractivity contribution < 1.29 is 18.1 Å². The lowest BCUT2D eigenvalue weighted by atomic mass is 10.1. The SMILES string of the molecule is [C-]#[N+]c1ccc(N=Nc2ccc(N=Nc3cc(S(=O)(=O)O)c4cccnc4c3O)c3ncccc23)cc1. The molecule has 5 rings (SSSR count). The number of rotatable bonds is 5. The van der Waals surface area contributed by atoms with Crippen molar-refractivity contribution in [1.82, 2.24) is 9.97 Å². The predicted molar refractivity (Wildman–Crippen MR) is 136 cm³/mol. The van der Waals surface area contributed by atoms with E-state index in [0.717, 1.165) is 6.07 Å². The molecule has 0 aliphatic rings. The van der Waals surface area contributed by atoms with Crippen molar-refractivity contribution in [3.8, 4) is 5.75 Å². The van der Waals surface area contributed by atoms with Crippen LogP contribution in [0, 0.1) is 6.57 Å². The molecule has 0 atom stereocenters. The molecule has 0 saturated carbocycles. The molecule has 2 N–H and O–H groups in total. The molecular weight excluding hydrogens is 494 g/mol. The molecule has 0 fully saturated rings. The zero-order valence-corrected chi connectivity index (χ0v) is 19.6. The number of benzene rings is 3. The maximum Gasteiger partial charge on any atom is 0.295 e. The second-order valence-corrected chi connectivity index (χ2v) is 9.04. The second kappa shape index (κ2) is 9.50. The van der Waals surface area contributed by atoms with Crippen LogP contribution in [0.2, 0.25) is 0 Å². The number of hydrogen-bond acceptors (Lipinski definition) is 9. The van der Waals surface area contributed by atoms with Crippen molar-refractivity contribution in [2.45, 2.75) is 4.90 Å². The minimum atomic E-state index is -4.63. The fraction of sp³-hybridized carbons (Fsp3) is 0. The van der Waals surface area contributed by atoms with Crippen molar-refractivity contribution in [3.63, 3.8) is 0 Å². The van der Waals surface area contributed by atoms with Gasteiger partial charge in [-0.25, -0.2) is 4.85 Å². The first kappa shape index (κ1) is 23.6. The minimum absolute atomic E-state index is 0.0465. The summed E-state index contributed by atoms with van der Waals surface area (Å²) in [5.41, 5.74) is 2.11. The fourth-order valence-corrected chi connectivity index (χ4v) is 4.30. The summed E-state index contributed by atoms with van der Waals surface area (Å²) in [6, 6.07) is 17.4. The van der Waals surface area contributed by atoms with Gasteiger partial charge in [-0.3, -0.25) is 14.5 Å². The number of aromatic nitrogens is 2. The zero-order valence-electron chi connectivity index (χ0n) is 18.8. The molecule has 0 bridgehead atoms. The zero-order chi connectivity index (χ0) is 26.0. The maximum atomic E-state index is 11.9. The average Bonchev–Trinajstić information content (AvgIpc) is 2.91. The molecule has 0 unspecified atom stereocenters. The van der Waals surface area contributed by atoms with E-state index in [2.05, 4.69) is 35.3 Å². The molecule has 0 saturated heterocycles. The van der Waals surface area contributed by atoms with Crippen molar-refractivity contribution >= 4 is 60.4 Å². The molecule has 11 nitrogen and oxygen atoms in total. The van der Waals surface area contributed by atoms with Crippen LogP contribution in [0.25, 0.3) is 26.7 Å². The van der Waals surface area contributed by atoms with Crippen LogP contribution in [-0.4, -0.2) is 28.0 Å². The number of pyridine rings is 2. The topological polar surface area (TPSA) is 154 Å². The smallest absolute Gasteiger partial charge is 0.295 e. The van der Waals surface area contributed by atoms with E-state index < -0.39 is 20.8 Å². The lowest BCUT2D eigenvalue weighted by molar-refractivity contribution is 0.479. The molecule has 2 heterocycles. The van der Waals surface area contributed by atoms with Crippen LogP contribution < -0.4 is 0 Å². The molecule has 3 aromatic carbocycles. The molecule has 0 radical (unpaired) electrons. The van der Waals surface area contributed by atoms with Crippen LogP contribution in [-0.2, 0) is 10.1 Å². The van der Waals surface area contributed by atoms with E-state index in [1.54, 1.807) is 54.7 Å². The van der Waals surface area contributed by atoms with E-state index in [-0.39, 0.29) is 16.6 Å². The highest BCUT2D eigenvalue weighted by Crippen LogP contribution is 2.39. The Labute approximate surface area is 210 Å². The van der Waals surface area contributed by atoms with E-state index in [4.69, 9.17) is 6.57 Å². The first-order chi connectivity index (χ1) is 17.8. The standard InChI is InChI=1S/C25H15N7O4S/c1-26-15-6-8-16(9-7-15)29-30-19-10-11-20(23-17(19)4-2-12-27-23)31-32-21-14-22(37(34,35)36)18-5-3-13-28-24(18)25(21)33/h2-14,33H,(H,34,35,36). The Hall–Kier alpha value is -5.12. The van der Waals surface area contributed by atoms with Crippen molar-refractivity contribution in [1.29, 1.82) is 0 Å². The highest BCUT2D eigenvalue weighted by molar-refractivity contribution is 7.86. The molecule has 0 amide bonds. The average molecular weight is 510 g/mol. The lowest BCUT2D eigenvalue weighted by Crippen LogP contribution is -1.99. The van der Waals surface area contributed by atoms with Gasteiger partial charge in [0.25, 0.3) is 10.1 Å². The van der Waals surface area contributed by atoms with Gasteiger partial charge in [-0.15, -0.1) is 15.3 Å². The fourth-order valence-electron chi connectivity index (χ4n) is 3.60. The van der Waals surface area contributed by atoms with E-state index in [1.807, 2.05) is 0 Å². The third-order valence-electron chi connectivity index (χ3n) is 5.33. The van der Waals surface area contributed by atoms with E-state index >= 15 is 0 Å². The molecule has 12 heteroatoms. The van der Waals surface area contributed by atoms with Gasteiger partial charge in [0.15, 0.2) is 11.4 Å². The summed E-state index contributed by atoms with van der Waals surface area (Å²) < 4.78 is 33.5. The molecule has 0 aliphatic heterocycles. The van der Waals surface area contributed by atoms with Gasteiger partial charge in [0.05, 0.1) is 23.5 Å². The number of aromatic hydroxyl groups is 1. The van der Waals surface area contributed by atoms with Crippen LogP contribution in [0.1, 0.15) is 0 Å². The van der Waals surface area contributed by atoms with Gasteiger partial charge in [0, 0.05) is 23.2 Å². The van der Waals surface area contributed by atoms with Gasteiger partial charge >= 0.3 is 0 Å². The van der Waals surface area contributed by atoms with Gasteiger partial charge in [0.2, 0.25) is 0 Å². The summed E-state index contributed by atoms with van der Waals surface area (Å²) >= 11 is 0. The minimum Gasteiger partial charge on any atom is -0.504 e. The van der Waals surface area contributed by atoms with Crippen molar-refractivity contribution in [3.05, 3.63) is 90.5 Å². The van der Waals surface area contributed by atoms with Crippen molar-refractivity contribution in [2.24, 2.45) is 20.5 Å². The first-order valence-corrected chi connectivity index (χ1v) is 12.1. The number of phenols is 1. The highest BCUT2D eigenvalue weighted by Gasteiger charge is 2.20. The molecular formula is C25H15N7O4S. The Morgan fingerprint density at radius 3 is 2.08 bits per heavy atom. The van der Waals surface area contributed by atoms with E-state index in [9.17, 15) is 18.1 Å². The van der Waals surface area contributed by atoms with E-state index in [1.165, 1.54) is 18.3 Å². The third kappa shape index (κ3) is 4.72. The largest absolute Gasteiger partial charge is 0.504 e. The number of fused-ring (bicyclic) bond motifs is 2. The molecule has 180 valence electrons. The first-order valence-electron chi connectivity index (χ1n) is 10.6. The Balaban J connectivity index is 1.56. The Morgan fingerprint density at radius 2 is 1.38 bits per heavy atom. The van der Waals surface area contributed by atoms with Crippen LogP contribution in [0.5, 0.6) is 5.75 Å². The van der Waals surface area contributed by atoms with Crippen molar-refractivity contribution in [2.75, 3.05) is 0 Å². The van der Waals surface area contributed by atoms with Gasteiger partial charge in [-0.2, -0.15) is 13.5 Å². The lowest BCUT2D eigenvalue weighted by Gasteiger charge is -2.07. The summed E-state index contributed by atoms with van der Waals surface area (Å²) in [6.45, 7) is 7.03. The normalized spacial score (nSPS) is 12.0. The van der Waals surface area contributed by atoms with Crippen LogP contribution >= 0.6 is 0 Å². The van der Waals surface area contributed by atoms with Gasteiger partial charge in [-0.1, -0.05) is 12.1 Å². The molecule has 0 aliphatic carbocycles. The van der Waals surface area contributed by atoms with Crippen LogP contribution in [0.4, 0.5) is 28.4 Å². The quantitative estimate of drug-likeness (QED) is 0.146. The monoisotopic (exact) mass is 509 g/mol. The molecule has 37 heavy (non-hydrogen) atoms. The van der Waals surface area contributed by atoms with E-state index in [0.29, 0.717) is 33.7 Å². The number of nitrogens with zero attached hydrogens (tertiary/aromatic N) is 7. The Bertz CT molecular complexity index is 1880. The molecule has 2 aromatic heterocycles. The third-order valence-corrected chi connectivity index (χ3v) is 6.22. The second-order valence-electron chi connectivity index (χ2n) is 7.65. The van der Waals surface area contributed by atoms with Crippen LogP contribution in [0.15, 0.2) is 104 Å². The van der Waals surface area contributed by atoms with Crippen LogP contribution in [0.3, 0.4) is 0 Å². The summed E-state index contributed by atoms with van der Waals surface area (Å²) in [5, 5.41) is 28.0. The number of hydrogen-bond donors (Lipinski definition) is 2.